The van der Waals surface area contributed by atoms with Gasteiger partial charge in [-0.2, -0.15) is 4.31 Å². The monoisotopic (exact) mass is 300 g/mol. The smallest absolute Gasteiger partial charge is 0.243 e. The predicted octanol–water partition coefficient (Wildman–Crippen LogP) is 0.432. The van der Waals surface area contributed by atoms with Gasteiger partial charge in [0.1, 0.15) is 5.75 Å². The van der Waals surface area contributed by atoms with Crippen LogP contribution in [0.4, 0.5) is 0 Å². The zero-order chi connectivity index (χ0) is 14.8. The van der Waals surface area contributed by atoms with E-state index in [4.69, 9.17) is 15.2 Å². The van der Waals surface area contributed by atoms with E-state index in [1.54, 1.807) is 31.4 Å². The lowest BCUT2D eigenvalue weighted by atomic mass is 10.2. The zero-order valence-electron chi connectivity index (χ0n) is 11.7. The Morgan fingerprint density at radius 2 is 2.05 bits per heavy atom. The fourth-order valence-corrected chi connectivity index (χ4v) is 3.52. The normalized spacial score (nSPS) is 22.4. The number of sulfonamides is 1. The number of rotatable bonds is 4. The Morgan fingerprint density at radius 3 is 2.60 bits per heavy atom. The lowest BCUT2D eigenvalue weighted by Gasteiger charge is -2.33. The maximum Gasteiger partial charge on any atom is 0.243 e. The molecule has 0 bridgehead atoms. The van der Waals surface area contributed by atoms with Crippen LogP contribution in [0.25, 0.3) is 0 Å². The first-order chi connectivity index (χ1) is 9.45. The van der Waals surface area contributed by atoms with Crippen LogP contribution in [0.5, 0.6) is 5.75 Å². The van der Waals surface area contributed by atoms with E-state index in [2.05, 4.69) is 0 Å². The Kier molecular flexibility index (Phi) is 4.64. The van der Waals surface area contributed by atoms with Crippen molar-refractivity contribution in [3.05, 3.63) is 24.3 Å². The highest BCUT2D eigenvalue weighted by Gasteiger charge is 2.32. The molecule has 6 nitrogen and oxygen atoms in total. The summed E-state index contributed by atoms with van der Waals surface area (Å²) in [6.45, 7) is 2.80. The molecule has 0 spiro atoms. The average Bonchev–Trinajstić information content (AvgIpc) is 2.47. The Labute approximate surface area is 119 Å². The Morgan fingerprint density at radius 1 is 1.40 bits per heavy atom. The van der Waals surface area contributed by atoms with E-state index < -0.39 is 10.0 Å². The van der Waals surface area contributed by atoms with Crippen molar-refractivity contribution in [1.29, 1.82) is 0 Å². The third kappa shape index (κ3) is 3.12. The number of ether oxygens (including phenoxy) is 2. The van der Waals surface area contributed by atoms with Crippen molar-refractivity contribution in [1.82, 2.24) is 4.31 Å². The molecule has 2 N–H and O–H groups in total. The average molecular weight is 300 g/mol. The summed E-state index contributed by atoms with van der Waals surface area (Å²) in [6, 6.07) is 6.16. The van der Waals surface area contributed by atoms with E-state index in [-0.39, 0.29) is 23.6 Å². The van der Waals surface area contributed by atoms with E-state index in [1.165, 1.54) is 4.31 Å². The zero-order valence-corrected chi connectivity index (χ0v) is 12.5. The van der Waals surface area contributed by atoms with Crippen LogP contribution in [0.3, 0.4) is 0 Å². The first-order valence-electron chi connectivity index (χ1n) is 6.46. The van der Waals surface area contributed by atoms with Crippen molar-refractivity contribution < 1.29 is 17.9 Å². The van der Waals surface area contributed by atoms with Crippen molar-refractivity contribution in [3.8, 4) is 5.75 Å². The van der Waals surface area contributed by atoms with Gasteiger partial charge in [0.2, 0.25) is 10.0 Å². The Balaban J connectivity index is 2.20. The SMILES string of the molecule is COc1ccc(S(=O)(=O)N2CCOC(C(C)N)C2)cc1. The van der Waals surface area contributed by atoms with Gasteiger partial charge in [-0.3, -0.25) is 0 Å². The van der Waals surface area contributed by atoms with E-state index in [0.717, 1.165) is 0 Å². The molecule has 1 saturated heterocycles. The van der Waals surface area contributed by atoms with Gasteiger partial charge in [0, 0.05) is 19.1 Å². The molecule has 1 heterocycles. The van der Waals surface area contributed by atoms with E-state index >= 15 is 0 Å². The van der Waals surface area contributed by atoms with E-state index in [9.17, 15) is 8.42 Å². The summed E-state index contributed by atoms with van der Waals surface area (Å²) < 4.78 is 37.0. The quantitative estimate of drug-likeness (QED) is 0.872. The highest BCUT2D eigenvalue weighted by molar-refractivity contribution is 7.89. The van der Waals surface area contributed by atoms with Gasteiger partial charge in [-0.1, -0.05) is 0 Å². The summed E-state index contributed by atoms with van der Waals surface area (Å²) in [4.78, 5) is 0.253. The van der Waals surface area contributed by atoms with Gasteiger partial charge in [-0.15, -0.1) is 0 Å². The van der Waals surface area contributed by atoms with Crippen LogP contribution >= 0.6 is 0 Å². The number of hydrogen-bond donors (Lipinski definition) is 1. The highest BCUT2D eigenvalue weighted by Crippen LogP contribution is 2.21. The maximum atomic E-state index is 12.5. The van der Waals surface area contributed by atoms with Crippen LogP contribution in [0.2, 0.25) is 0 Å². The second-order valence-electron chi connectivity index (χ2n) is 4.81. The molecule has 0 aliphatic carbocycles. The second kappa shape index (κ2) is 6.09. The minimum atomic E-state index is -3.51. The molecule has 0 saturated carbocycles. The lowest BCUT2D eigenvalue weighted by Crippen LogP contribution is -2.51. The molecular weight excluding hydrogens is 280 g/mol. The molecule has 1 aliphatic rings. The number of nitrogens with zero attached hydrogens (tertiary/aromatic N) is 1. The molecule has 1 aliphatic heterocycles. The largest absolute Gasteiger partial charge is 0.497 e. The fraction of sp³-hybridized carbons (Fsp3) is 0.538. The highest BCUT2D eigenvalue weighted by atomic mass is 32.2. The molecule has 1 aromatic carbocycles. The lowest BCUT2D eigenvalue weighted by molar-refractivity contribution is -0.0120. The molecule has 0 amide bonds. The van der Waals surface area contributed by atoms with Gasteiger partial charge < -0.3 is 15.2 Å². The Bertz CT molecular complexity index is 542. The summed E-state index contributed by atoms with van der Waals surface area (Å²) in [5.41, 5.74) is 5.79. The molecule has 2 unspecified atom stereocenters. The van der Waals surface area contributed by atoms with Gasteiger partial charge in [-0.25, -0.2) is 8.42 Å². The molecule has 2 atom stereocenters. The molecule has 2 rings (SSSR count). The molecule has 1 aromatic rings. The van der Waals surface area contributed by atoms with Crippen LogP contribution in [-0.2, 0) is 14.8 Å². The minimum absolute atomic E-state index is 0.205. The first-order valence-corrected chi connectivity index (χ1v) is 7.90. The maximum absolute atomic E-state index is 12.5. The van der Waals surface area contributed by atoms with Crippen molar-refractivity contribution in [2.45, 2.75) is 24.0 Å². The van der Waals surface area contributed by atoms with Crippen molar-refractivity contribution in [2.75, 3.05) is 26.8 Å². The van der Waals surface area contributed by atoms with Crippen molar-refractivity contribution >= 4 is 10.0 Å². The van der Waals surface area contributed by atoms with Crippen LogP contribution in [0.15, 0.2) is 29.2 Å². The van der Waals surface area contributed by atoms with E-state index in [1.807, 2.05) is 6.92 Å². The summed E-state index contributed by atoms with van der Waals surface area (Å²) in [5.74, 6) is 0.624. The molecule has 0 radical (unpaired) electrons. The van der Waals surface area contributed by atoms with Gasteiger partial charge in [0.15, 0.2) is 0 Å². The van der Waals surface area contributed by atoms with E-state index in [0.29, 0.717) is 18.9 Å². The molecule has 7 heteroatoms. The molecular formula is C13H20N2O4S. The molecule has 1 fully saturated rings. The molecule has 0 aromatic heterocycles. The van der Waals surface area contributed by atoms with Gasteiger partial charge in [-0.05, 0) is 31.2 Å². The number of benzene rings is 1. The fourth-order valence-electron chi connectivity index (χ4n) is 2.08. The van der Waals surface area contributed by atoms with Crippen molar-refractivity contribution in [3.63, 3.8) is 0 Å². The molecule has 112 valence electrons. The van der Waals surface area contributed by atoms with Crippen molar-refractivity contribution in [2.24, 2.45) is 5.73 Å². The van der Waals surface area contributed by atoms with Crippen LogP contribution < -0.4 is 10.5 Å². The number of morpholine rings is 1. The van der Waals surface area contributed by atoms with Crippen LogP contribution in [0, 0.1) is 0 Å². The summed E-state index contributed by atoms with van der Waals surface area (Å²) in [7, 11) is -1.97. The Hall–Kier alpha value is -1.15. The van der Waals surface area contributed by atoms with Gasteiger partial charge in [0.05, 0.1) is 24.7 Å². The number of methoxy groups -OCH3 is 1. The second-order valence-corrected chi connectivity index (χ2v) is 6.74. The van der Waals surface area contributed by atoms with Crippen LogP contribution in [0.1, 0.15) is 6.92 Å². The first kappa shape index (κ1) is 15.2. The number of nitrogens with two attached hydrogens (primary N) is 1. The van der Waals surface area contributed by atoms with Gasteiger partial charge >= 0.3 is 0 Å². The third-order valence-electron chi connectivity index (χ3n) is 3.34. The minimum Gasteiger partial charge on any atom is -0.497 e. The van der Waals surface area contributed by atoms with Gasteiger partial charge in [0.25, 0.3) is 0 Å². The topological polar surface area (TPSA) is 81.9 Å². The third-order valence-corrected chi connectivity index (χ3v) is 5.22. The van der Waals surface area contributed by atoms with Crippen LogP contribution in [-0.4, -0.2) is 51.7 Å². The predicted molar refractivity (Wildman–Crippen MR) is 75.1 cm³/mol. The summed E-state index contributed by atoms with van der Waals surface area (Å²) >= 11 is 0. The molecule has 20 heavy (non-hydrogen) atoms. The summed E-state index contributed by atoms with van der Waals surface area (Å²) in [6.07, 6.45) is -0.267. The number of hydrogen-bond acceptors (Lipinski definition) is 5. The standard InChI is InChI=1S/C13H20N2O4S/c1-10(14)13-9-15(7-8-19-13)20(16,17)12-5-3-11(18-2)4-6-12/h3-6,10,13H,7-9,14H2,1-2H3. The summed E-state index contributed by atoms with van der Waals surface area (Å²) in [5, 5.41) is 0.